The summed E-state index contributed by atoms with van der Waals surface area (Å²) in [6.45, 7) is 0. The molecule has 3 heteroatoms. The maximum atomic E-state index is 9.79. The van der Waals surface area contributed by atoms with Crippen LogP contribution in [0, 0.1) is 0 Å². The second-order valence-electron chi connectivity index (χ2n) is 3.71. The highest BCUT2D eigenvalue weighted by Gasteiger charge is 2.10. The molecule has 0 unspecified atom stereocenters. The van der Waals surface area contributed by atoms with E-state index in [1.54, 1.807) is 17.8 Å². The summed E-state index contributed by atoms with van der Waals surface area (Å²) >= 11 is 1.56. The fourth-order valence-corrected chi connectivity index (χ4v) is 2.73. The van der Waals surface area contributed by atoms with Crippen LogP contribution >= 0.6 is 11.8 Å². The van der Waals surface area contributed by atoms with Gasteiger partial charge in [0, 0.05) is 16.3 Å². The van der Waals surface area contributed by atoms with E-state index in [1.807, 2.05) is 24.5 Å². The summed E-state index contributed by atoms with van der Waals surface area (Å²) in [5, 5.41) is 12.2. The van der Waals surface area contributed by atoms with E-state index in [0.29, 0.717) is 5.75 Å². The Labute approximate surface area is 97.3 Å². The summed E-state index contributed by atoms with van der Waals surface area (Å²) in [5.74, 6) is 0.339. The van der Waals surface area contributed by atoms with Crippen LogP contribution in [0.15, 0.2) is 41.3 Å². The van der Waals surface area contributed by atoms with Crippen LogP contribution in [0.5, 0.6) is 5.75 Å². The normalized spacial score (nSPS) is 11.3. The number of benzene rings is 2. The molecule has 0 amide bonds. The van der Waals surface area contributed by atoms with Crippen LogP contribution in [0.3, 0.4) is 0 Å². The van der Waals surface area contributed by atoms with Crippen molar-refractivity contribution in [2.75, 3.05) is 6.26 Å². The van der Waals surface area contributed by atoms with Crippen LogP contribution < -0.4 is 0 Å². The van der Waals surface area contributed by atoms with Gasteiger partial charge in [0.2, 0.25) is 0 Å². The molecule has 16 heavy (non-hydrogen) atoms. The number of thioether (sulfide) groups is 1. The molecule has 0 atom stereocenters. The Hall–Kier alpha value is -1.61. The predicted octanol–water partition coefficient (Wildman–Crippen LogP) is 3.75. The van der Waals surface area contributed by atoms with E-state index in [9.17, 15) is 5.11 Å². The molecule has 0 radical (unpaired) electrons. The van der Waals surface area contributed by atoms with E-state index in [4.69, 9.17) is 0 Å². The highest BCUT2D eigenvalue weighted by molar-refractivity contribution is 7.99. The van der Waals surface area contributed by atoms with Crippen LogP contribution in [-0.2, 0) is 0 Å². The zero-order valence-electron chi connectivity index (χ0n) is 8.82. The number of phenols is 1. The minimum Gasteiger partial charge on any atom is -0.507 e. The first-order valence-electron chi connectivity index (χ1n) is 5.07. The Kier molecular flexibility index (Phi) is 2.07. The van der Waals surface area contributed by atoms with E-state index in [1.165, 1.54) is 5.39 Å². The second-order valence-corrected chi connectivity index (χ2v) is 4.53. The molecule has 1 aromatic heterocycles. The number of para-hydroxylation sites is 1. The van der Waals surface area contributed by atoms with Crippen molar-refractivity contribution < 1.29 is 5.11 Å². The molecule has 1 heterocycles. The first kappa shape index (κ1) is 9.60. The van der Waals surface area contributed by atoms with Crippen LogP contribution in [0.4, 0.5) is 0 Å². The molecule has 0 bridgehead atoms. The van der Waals surface area contributed by atoms with Gasteiger partial charge in [0.15, 0.2) is 0 Å². The molecule has 3 aromatic rings. The minimum absolute atomic E-state index is 0.339. The first-order valence-corrected chi connectivity index (χ1v) is 6.30. The van der Waals surface area contributed by atoms with Crippen molar-refractivity contribution in [3.8, 4) is 5.75 Å². The van der Waals surface area contributed by atoms with Crippen molar-refractivity contribution in [2.45, 2.75) is 4.90 Å². The lowest BCUT2D eigenvalue weighted by atomic mass is 10.1. The van der Waals surface area contributed by atoms with Gasteiger partial charge in [0.05, 0.1) is 10.4 Å². The zero-order chi connectivity index (χ0) is 11.1. The van der Waals surface area contributed by atoms with Gasteiger partial charge in [-0.3, -0.25) is 0 Å². The first-order chi connectivity index (χ1) is 7.81. The second kappa shape index (κ2) is 3.46. The number of nitrogens with one attached hydrogen (secondary N) is 1. The molecule has 2 aromatic carbocycles. The molecule has 80 valence electrons. The van der Waals surface area contributed by atoms with Crippen LogP contribution in [0.2, 0.25) is 0 Å². The lowest BCUT2D eigenvalue weighted by Crippen LogP contribution is -1.76. The van der Waals surface area contributed by atoms with Crippen LogP contribution in [0.25, 0.3) is 21.8 Å². The number of aromatic amines is 1. The van der Waals surface area contributed by atoms with Crippen molar-refractivity contribution in [2.24, 2.45) is 0 Å². The summed E-state index contributed by atoms with van der Waals surface area (Å²) < 4.78 is 0. The SMILES string of the molecule is CSc1c(O)ccc2c1[nH]c1ccccc12. The van der Waals surface area contributed by atoms with Crippen molar-refractivity contribution in [3.63, 3.8) is 0 Å². The number of aromatic nitrogens is 1. The van der Waals surface area contributed by atoms with Gasteiger partial charge in [0.25, 0.3) is 0 Å². The fraction of sp³-hybridized carbons (Fsp3) is 0.0769. The van der Waals surface area contributed by atoms with Gasteiger partial charge < -0.3 is 10.1 Å². The summed E-state index contributed by atoms with van der Waals surface area (Å²) in [4.78, 5) is 4.27. The summed E-state index contributed by atoms with van der Waals surface area (Å²) in [6, 6.07) is 11.9. The zero-order valence-corrected chi connectivity index (χ0v) is 9.64. The molecule has 2 N–H and O–H groups in total. The van der Waals surface area contributed by atoms with E-state index < -0.39 is 0 Å². The number of fused-ring (bicyclic) bond motifs is 3. The Morgan fingerprint density at radius 1 is 1.06 bits per heavy atom. The molecule has 0 saturated heterocycles. The van der Waals surface area contributed by atoms with Crippen molar-refractivity contribution in [3.05, 3.63) is 36.4 Å². The highest BCUT2D eigenvalue weighted by Crippen LogP contribution is 2.37. The Morgan fingerprint density at radius 2 is 1.88 bits per heavy atom. The van der Waals surface area contributed by atoms with E-state index in [2.05, 4.69) is 17.1 Å². The third-order valence-corrected chi connectivity index (χ3v) is 3.64. The molecule has 0 saturated carbocycles. The summed E-state index contributed by atoms with van der Waals surface area (Å²) in [5.41, 5.74) is 2.13. The average Bonchev–Trinajstić information content (AvgIpc) is 2.67. The largest absolute Gasteiger partial charge is 0.507 e. The predicted molar refractivity (Wildman–Crippen MR) is 69.3 cm³/mol. The van der Waals surface area contributed by atoms with Gasteiger partial charge in [-0.15, -0.1) is 11.8 Å². The topological polar surface area (TPSA) is 36.0 Å². The van der Waals surface area contributed by atoms with Gasteiger partial charge >= 0.3 is 0 Å². The van der Waals surface area contributed by atoms with E-state index in [0.717, 1.165) is 21.3 Å². The third-order valence-electron chi connectivity index (χ3n) is 2.82. The Balaban J connectivity index is 2.54. The minimum atomic E-state index is 0.339. The molecular weight excluding hydrogens is 218 g/mol. The van der Waals surface area contributed by atoms with Crippen LogP contribution in [-0.4, -0.2) is 16.3 Å². The number of aromatic hydroxyl groups is 1. The average molecular weight is 229 g/mol. The monoisotopic (exact) mass is 229 g/mol. The third kappa shape index (κ3) is 1.21. The smallest absolute Gasteiger partial charge is 0.131 e. The van der Waals surface area contributed by atoms with Gasteiger partial charge in [0.1, 0.15) is 5.75 Å². The van der Waals surface area contributed by atoms with Gasteiger partial charge in [-0.25, -0.2) is 0 Å². The molecule has 2 nitrogen and oxygen atoms in total. The van der Waals surface area contributed by atoms with Crippen molar-refractivity contribution in [1.82, 2.24) is 4.98 Å². The van der Waals surface area contributed by atoms with E-state index >= 15 is 0 Å². The molecule has 0 fully saturated rings. The van der Waals surface area contributed by atoms with Crippen molar-refractivity contribution >= 4 is 33.6 Å². The molecular formula is C13H11NOS. The summed E-state index contributed by atoms with van der Waals surface area (Å²) in [7, 11) is 0. The Bertz CT molecular complexity index is 672. The summed E-state index contributed by atoms with van der Waals surface area (Å²) in [6.07, 6.45) is 1.97. The molecule has 0 aliphatic carbocycles. The number of H-pyrrole nitrogens is 1. The number of rotatable bonds is 1. The Morgan fingerprint density at radius 3 is 2.69 bits per heavy atom. The van der Waals surface area contributed by atoms with Crippen molar-refractivity contribution in [1.29, 1.82) is 0 Å². The lowest BCUT2D eigenvalue weighted by Gasteiger charge is -2.01. The van der Waals surface area contributed by atoms with Crippen LogP contribution in [0.1, 0.15) is 0 Å². The van der Waals surface area contributed by atoms with Gasteiger partial charge in [-0.05, 0) is 24.5 Å². The highest BCUT2D eigenvalue weighted by atomic mass is 32.2. The van der Waals surface area contributed by atoms with Gasteiger partial charge in [-0.1, -0.05) is 18.2 Å². The number of phenolic OH excluding ortho intramolecular Hbond substituents is 1. The van der Waals surface area contributed by atoms with E-state index in [-0.39, 0.29) is 0 Å². The molecule has 0 aliphatic rings. The lowest BCUT2D eigenvalue weighted by molar-refractivity contribution is 0.464. The maximum absolute atomic E-state index is 9.79. The number of hydrogen-bond donors (Lipinski definition) is 2. The number of hydrogen-bond acceptors (Lipinski definition) is 2. The molecule has 0 aliphatic heterocycles. The quantitative estimate of drug-likeness (QED) is 0.623. The fourth-order valence-electron chi connectivity index (χ4n) is 2.09. The molecule has 0 spiro atoms. The maximum Gasteiger partial charge on any atom is 0.131 e. The molecule has 3 rings (SSSR count). The van der Waals surface area contributed by atoms with Gasteiger partial charge in [-0.2, -0.15) is 0 Å². The standard InChI is InChI=1S/C13H11NOS/c1-16-13-11(15)7-6-9-8-4-2-3-5-10(8)14-12(9)13/h2-7,14-15H,1H3.